The molecule has 0 saturated heterocycles. The van der Waals surface area contributed by atoms with Gasteiger partial charge in [-0.2, -0.15) is 4.98 Å². The minimum absolute atomic E-state index is 0.000435. The Labute approximate surface area is 182 Å². The Balaban J connectivity index is 1.33. The van der Waals surface area contributed by atoms with Gasteiger partial charge < -0.3 is 19.5 Å². The van der Waals surface area contributed by atoms with Gasteiger partial charge in [0.05, 0.1) is 24.3 Å². The number of ether oxygens (including phenoxy) is 3. The fraction of sp³-hybridized carbons (Fsp3) is 0.652. The second-order valence-electron chi connectivity index (χ2n) is 8.85. The van der Waals surface area contributed by atoms with Crippen LogP contribution in [-0.2, 0) is 16.6 Å². The molecule has 0 radical (unpaired) electrons. The Morgan fingerprint density at radius 1 is 1.16 bits per heavy atom. The van der Waals surface area contributed by atoms with E-state index in [0.717, 1.165) is 38.5 Å². The first-order valence-electron chi connectivity index (χ1n) is 11.3. The highest BCUT2D eigenvalue weighted by molar-refractivity contribution is 5.79. The van der Waals surface area contributed by atoms with E-state index in [2.05, 4.69) is 10.3 Å². The molecule has 0 aliphatic heterocycles. The van der Waals surface area contributed by atoms with Crippen LogP contribution in [0.2, 0.25) is 0 Å². The third-order valence-electron chi connectivity index (χ3n) is 6.15. The van der Waals surface area contributed by atoms with Crippen molar-refractivity contribution in [3.05, 3.63) is 17.9 Å². The minimum Gasteiger partial charge on any atom is -0.490 e. The van der Waals surface area contributed by atoms with E-state index in [9.17, 15) is 9.18 Å². The Bertz CT molecular complexity index is 919. The molecule has 170 valence electrons. The number of fused-ring (bicyclic) bond motifs is 1. The Kier molecular flexibility index (Phi) is 6.65. The van der Waals surface area contributed by atoms with Crippen LogP contribution in [0.3, 0.4) is 0 Å². The predicted octanol–water partition coefficient (Wildman–Crippen LogP) is 3.87. The highest BCUT2D eigenvalue weighted by Crippen LogP contribution is 2.32. The lowest BCUT2D eigenvalue weighted by molar-refractivity contribution is -0.120. The van der Waals surface area contributed by atoms with E-state index in [1.54, 1.807) is 4.57 Å². The van der Waals surface area contributed by atoms with Gasteiger partial charge in [0, 0.05) is 32.1 Å². The number of imidazole rings is 1. The van der Waals surface area contributed by atoms with Gasteiger partial charge in [0.25, 0.3) is 6.01 Å². The molecule has 4 rings (SSSR count). The molecule has 1 heterocycles. The molecule has 0 unspecified atom stereocenters. The molecule has 1 atom stereocenters. The number of nitrogens with zero attached hydrogens (tertiary/aromatic N) is 2. The summed E-state index contributed by atoms with van der Waals surface area (Å²) >= 11 is 0. The first-order chi connectivity index (χ1) is 14.9. The van der Waals surface area contributed by atoms with Gasteiger partial charge in [0.2, 0.25) is 5.91 Å². The first-order valence-corrected chi connectivity index (χ1v) is 11.3. The molecule has 2 fully saturated rings. The quantitative estimate of drug-likeness (QED) is 0.684. The topological polar surface area (TPSA) is 74.6 Å². The van der Waals surface area contributed by atoms with Crippen molar-refractivity contribution in [1.82, 2.24) is 14.9 Å². The SMILES string of the molecule is CC(=O)N[C@@H](C)COC1CCC(Oc2nc3c(F)cc(OC4CCC4)cc3n2C)CC1. The molecule has 1 N–H and O–H groups in total. The summed E-state index contributed by atoms with van der Waals surface area (Å²) in [4.78, 5) is 15.5. The van der Waals surface area contributed by atoms with Crippen LogP contribution < -0.4 is 14.8 Å². The third kappa shape index (κ3) is 5.29. The normalized spacial score (nSPS) is 22.7. The van der Waals surface area contributed by atoms with Crippen LogP contribution in [0.1, 0.15) is 58.8 Å². The van der Waals surface area contributed by atoms with Crippen LogP contribution in [0.25, 0.3) is 11.0 Å². The van der Waals surface area contributed by atoms with Crippen molar-refractivity contribution >= 4 is 16.9 Å². The molecule has 2 saturated carbocycles. The first kappa shape index (κ1) is 21.9. The summed E-state index contributed by atoms with van der Waals surface area (Å²) in [5.74, 6) is 0.117. The highest BCUT2D eigenvalue weighted by atomic mass is 19.1. The van der Waals surface area contributed by atoms with Crippen molar-refractivity contribution in [2.45, 2.75) is 83.1 Å². The molecular weight excluding hydrogens is 401 g/mol. The molecule has 1 amide bonds. The fourth-order valence-electron chi connectivity index (χ4n) is 4.19. The molecule has 0 bridgehead atoms. The summed E-state index contributed by atoms with van der Waals surface area (Å²) in [5.41, 5.74) is 0.982. The van der Waals surface area contributed by atoms with Gasteiger partial charge >= 0.3 is 0 Å². The van der Waals surface area contributed by atoms with Gasteiger partial charge in [-0.15, -0.1) is 0 Å². The van der Waals surface area contributed by atoms with Crippen LogP contribution in [-0.4, -0.2) is 46.4 Å². The maximum Gasteiger partial charge on any atom is 0.297 e. The predicted molar refractivity (Wildman–Crippen MR) is 115 cm³/mol. The largest absolute Gasteiger partial charge is 0.490 e. The van der Waals surface area contributed by atoms with Crippen molar-refractivity contribution in [2.75, 3.05) is 6.61 Å². The Morgan fingerprint density at radius 3 is 2.48 bits per heavy atom. The van der Waals surface area contributed by atoms with E-state index in [0.29, 0.717) is 29.4 Å². The van der Waals surface area contributed by atoms with Crippen molar-refractivity contribution in [1.29, 1.82) is 0 Å². The number of hydrogen-bond donors (Lipinski definition) is 1. The summed E-state index contributed by atoms with van der Waals surface area (Å²) in [6, 6.07) is 3.69. The maximum absolute atomic E-state index is 14.6. The van der Waals surface area contributed by atoms with E-state index >= 15 is 0 Å². The number of benzene rings is 1. The molecule has 31 heavy (non-hydrogen) atoms. The average molecular weight is 434 g/mol. The smallest absolute Gasteiger partial charge is 0.297 e. The van der Waals surface area contributed by atoms with Gasteiger partial charge in [-0.3, -0.25) is 9.36 Å². The number of amides is 1. The van der Waals surface area contributed by atoms with Crippen molar-refractivity contribution in [2.24, 2.45) is 7.05 Å². The van der Waals surface area contributed by atoms with E-state index in [4.69, 9.17) is 14.2 Å². The van der Waals surface area contributed by atoms with Gasteiger partial charge in [-0.1, -0.05) is 0 Å². The molecule has 2 aliphatic rings. The van der Waals surface area contributed by atoms with Gasteiger partial charge in [-0.25, -0.2) is 4.39 Å². The van der Waals surface area contributed by atoms with Gasteiger partial charge in [0.15, 0.2) is 5.82 Å². The van der Waals surface area contributed by atoms with Crippen LogP contribution in [0.15, 0.2) is 12.1 Å². The molecule has 7 nitrogen and oxygen atoms in total. The number of nitrogens with one attached hydrogen (secondary N) is 1. The van der Waals surface area contributed by atoms with Crippen LogP contribution in [0.5, 0.6) is 11.8 Å². The Hall–Kier alpha value is -2.35. The Morgan fingerprint density at radius 2 is 1.84 bits per heavy atom. The molecule has 1 aromatic carbocycles. The number of carbonyl (C=O) groups excluding carboxylic acids is 1. The number of aromatic nitrogens is 2. The van der Waals surface area contributed by atoms with Crippen LogP contribution >= 0.6 is 0 Å². The second-order valence-corrected chi connectivity index (χ2v) is 8.85. The zero-order chi connectivity index (χ0) is 22.0. The van der Waals surface area contributed by atoms with Crippen molar-refractivity contribution < 1.29 is 23.4 Å². The lowest BCUT2D eigenvalue weighted by Crippen LogP contribution is -2.37. The standard InChI is InChI=1S/C23H32FN3O4/c1-14(25-15(2)28)13-29-16-7-9-18(10-8-16)31-23-26-22-20(24)11-19(12-21(22)27(23)3)30-17-5-4-6-17/h11-12,14,16-18H,4-10,13H2,1-3H3,(H,25,28)/t14-,16?,18?/m0/s1. The van der Waals surface area contributed by atoms with Crippen molar-refractivity contribution in [3.63, 3.8) is 0 Å². The summed E-state index contributed by atoms with van der Waals surface area (Å²) in [6.07, 6.45) is 7.07. The summed E-state index contributed by atoms with van der Waals surface area (Å²) in [6.45, 7) is 3.95. The molecule has 0 spiro atoms. The second kappa shape index (κ2) is 9.42. The number of carbonyl (C=O) groups is 1. The maximum atomic E-state index is 14.6. The minimum atomic E-state index is -0.386. The van der Waals surface area contributed by atoms with Gasteiger partial charge in [-0.05, 0) is 51.9 Å². The lowest BCUT2D eigenvalue weighted by atomic mass is 9.95. The van der Waals surface area contributed by atoms with E-state index in [-0.39, 0.29) is 36.1 Å². The number of aryl methyl sites for hydroxylation is 1. The molecule has 2 aromatic rings. The molecule has 8 heteroatoms. The summed E-state index contributed by atoms with van der Waals surface area (Å²) in [5, 5.41) is 2.83. The molecular formula is C23H32FN3O4. The number of hydrogen-bond acceptors (Lipinski definition) is 5. The van der Waals surface area contributed by atoms with E-state index < -0.39 is 0 Å². The molecule has 1 aromatic heterocycles. The van der Waals surface area contributed by atoms with Crippen molar-refractivity contribution in [3.8, 4) is 11.8 Å². The zero-order valence-corrected chi connectivity index (χ0v) is 18.5. The fourth-order valence-corrected chi connectivity index (χ4v) is 4.19. The third-order valence-corrected chi connectivity index (χ3v) is 6.15. The van der Waals surface area contributed by atoms with E-state index in [1.807, 2.05) is 20.0 Å². The monoisotopic (exact) mass is 433 g/mol. The van der Waals surface area contributed by atoms with Gasteiger partial charge in [0.1, 0.15) is 17.4 Å². The number of halogens is 1. The lowest BCUT2D eigenvalue weighted by Gasteiger charge is -2.29. The zero-order valence-electron chi connectivity index (χ0n) is 18.5. The highest BCUT2D eigenvalue weighted by Gasteiger charge is 2.26. The molecule has 2 aliphatic carbocycles. The summed E-state index contributed by atoms with van der Waals surface area (Å²) in [7, 11) is 1.84. The van der Waals surface area contributed by atoms with Crippen LogP contribution in [0.4, 0.5) is 4.39 Å². The van der Waals surface area contributed by atoms with Crippen LogP contribution in [0, 0.1) is 5.82 Å². The van der Waals surface area contributed by atoms with E-state index in [1.165, 1.54) is 19.4 Å². The average Bonchev–Trinajstić information content (AvgIpc) is 3.00. The number of rotatable bonds is 8. The summed E-state index contributed by atoms with van der Waals surface area (Å²) < 4.78 is 34.4.